The number of unbranched alkanes of at least 4 members (excludes halogenated alkanes) is 2. The summed E-state index contributed by atoms with van der Waals surface area (Å²) < 4.78 is 22.3. The van der Waals surface area contributed by atoms with E-state index < -0.39 is 0 Å². The lowest BCUT2D eigenvalue weighted by atomic mass is 10.2. The van der Waals surface area contributed by atoms with Gasteiger partial charge in [-0.3, -0.25) is 9.69 Å². The van der Waals surface area contributed by atoms with Crippen molar-refractivity contribution < 1.29 is 23.4 Å². The van der Waals surface area contributed by atoms with Crippen molar-refractivity contribution in [2.24, 2.45) is 0 Å². The zero-order valence-electron chi connectivity index (χ0n) is 19.2. The predicted molar refractivity (Wildman–Crippen MR) is 126 cm³/mol. The maximum atomic E-state index is 11.4. The van der Waals surface area contributed by atoms with Crippen LogP contribution in [0.25, 0.3) is 11.1 Å². The number of hydrogen-bond acceptors (Lipinski definition) is 7. The Bertz CT molecular complexity index is 980. The van der Waals surface area contributed by atoms with Crippen molar-refractivity contribution in [1.29, 1.82) is 0 Å². The molecule has 1 aromatic heterocycles. The highest BCUT2D eigenvalue weighted by Gasteiger charge is 2.28. The topological polar surface area (TPSA) is 74.0 Å². The number of para-hydroxylation sites is 2. The molecule has 0 bridgehead atoms. The van der Waals surface area contributed by atoms with Crippen LogP contribution >= 0.6 is 0 Å². The molecule has 0 atom stereocenters. The largest absolute Gasteiger partial charge is 0.492 e. The van der Waals surface area contributed by atoms with Crippen molar-refractivity contribution in [2.75, 3.05) is 26.3 Å². The molecule has 0 aliphatic heterocycles. The van der Waals surface area contributed by atoms with Gasteiger partial charge < -0.3 is 18.6 Å². The monoisotopic (exact) mass is 452 g/mol. The fourth-order valence-electron chi connectivity index (χ4n) is 3.79. The fraction of sp³-hybridized carbons (Fsp3) is 0.462. The lowest BCUT2D eigenvalue weighted by molar-refractivity contribution is -0.143. The van der Waals surface area contributed by atoms with Gasteiger partial charge in [-0.1, -0.05) is 18.6 Å². The van der Waals surface area contributed by atoms with Crippen LogP contribution in [-0.4, -0.2) is 48.2 Å². The molecule has 1 saturated carbocycles. The smallest absolute Gasteiger partial charge is 0.400 e. The number of aromatic nitrogens is 1. The average Bonchev–Trinajstić information content (AvgIpc) is 3.58. The van der Waals surface area contributed by atoms with E-state index in [4.69, 9.17) is 18.6 Å². The molecule has 2 aromatic carbocycles. The number of esters is 1. The highest BCUT2D eigenvalue weighted by Crippen LogP contribution is 2.28. The van der Waals surface area contributed by atoms with Crippen molar-refractivity contribution in [2.45, 2.75) is 51.5 Å². The number of carbonyl (C=O) groups excluding carboxylic acids is 1. The van der Waals surface area contributed by atoms with Crippen molar-refractivity contribution in [1.82, 2.24) is 9.88 Å². The second kappa shape index (κ2) is 11.7. The molecule has 0 unspecified atom stereocenters. The van der Waals surface area contributed by atoms with Gasteiger partial charge in [0.25, 0.3) is 0 Å². The summed E-state index contributed by atoms with van der Waals surface area (Å²) in [6, 6.07) is 15.8. The molecular formula is C26H32N2O5. The summed E-state index contributed by atoms with van der Waals surface area (Å²) in [5.41, 5.74) is 1.47. The minimum Gasteiger partial charge on any atom is -0.492 e. The Morgan fingerprint density at radius 3 is 2.58 bits per heavy atom. The second-order valence-corrected chi connectivity index (χ2v) is 8.25. The van der Waals surface area contributed by atoms with Gasteiger partial charge in [0.1, 0.15) is 23.6 Å². The number of carbonyl (C=O) groups is 1. The molecule has 33 heavy (non-hydrogen) atoms. The van der Waals surface area contributed by atoms with E-state index in [1.807, 2.05) is 55.5 Å². The van der Waals surface area contributed by atoms with Gasteiger partial charge in [-0.15, -0.1) is 0 Å². The fourth-order valence-corrected chi connectivity index (χ4v) is 3.79. The maximum Gasteiger partial charge on any atom is 0.400 e. The lowest BCUT2D eigenvalue weighted by Crippen LogP contribution is -2.31. The van der Waals surface area contributed by atoms with E-state index >= 15 is 0 Å². The van der Waals surface area contributed by atoms with Crippen molar-refractivity contribution in [3.63, 3.8) is 0 Å². The van der Waals surface area contributed by atoms with E-state index in [0.717, 1.165) is 43.6 Å². The molecule has 1 heterocycles. The Morgan fingerprint density at radius 2 is 1.82 bits per heavy atom. The van der Waals surface area contributed by atoms with Crippen molar-refractivity contribution in [3.8, 4) is 17.6 Å². The molecule has 0 spiro atoms. The average molecular weight is 453 g/mol. The summed E-state index contributed by atoms with van der Waals surface area (Å²) in [6.07, 6.45) is 6.32. The van der Waals surface area contributed by atoms with Gasteiger partial charge in [0.2, 0.25) is 0 Å². The Labute approximate surface area is 194 Å². The molecule has 0 saturated heterocycles. The summed E-state index contributed by atoms with van der Waals surface area (Å²) in [4.78, 5) is 18.3. The first-order valence-electron chi connectivity index (χ1n) is 11.9. The van der Waals surface area contributed by atoms with Crippen LogP contribution in [-0.2, 0) is 9.53 Å². The third kappa shape index (κ3) is 7.22. The molecular weight excluding hydrogens is 420 g/mol. The van der Waals surface area contributed by atoms with Crippen LogP contribution < -0.4 is 9.47 Å². The van der Waals surface area contributed by atoms with Gasteiger partial charge in [0.15, 0.2) is 5.58 Å². The molecule has 1 fully saturated rings. The highest BCUT2D eigenvalue weighted by atomic mass is 16.6. The van der Waals surface area contributed by atoms with Gasteiger partial charge >= 0.3 is 12.0 Å². The van der Waals surface area contributed by atoms with E-state index in [9.17, 15) is 4.79 Å². The first-order chi connectivity index (χ1) is 16.2. The Kier molecular flexibility index (Phi) is 8.19. The van der Waals surface area contributed by atoms with Gasteiger partial charge in [0, 0.05) is 19.0 Å². The molecule has 4 rings (SSSR count). The Hall–Kier alpha value is -3.06. The Morgan fingerprint density at radius 1 is 1.03 bits per heavy atom. The van der Waals surface area contributed by atoms with Crippen molar-refractivity contribution in [3.05, 3.63) is 48.5 Å². The SMILES string of the molecule is CCOC(=O)CCCCCN(CCOc1ccc(Oc2nc3ccccc3o2)cc1)C1CC1. The summed E-state index contributed by atoms with van der Waals surface area (Å²) in [6.45, 7) is 4.90. The molecule has 7 nitrogen and oxygen atoms in total. The summed E-state index contributed by atoms with van der Waals surface area (Å²) in [5.74, 6) is 1.37. The van der Waals surface area contributed by atoms with Gasteiger partial charge in [-0.2, -0.15) is 4.98 Å². The Balaban J connectivity index is 1.16. The lowest BCUT2D eigenvalue weighted by Gasteiger charge is -2.22. The van der Waals surface area contributed by atoms with Crippen LogP contribution in [0.5, 0.6) is 17.6 Å². The zero-order valence-corrected chi connectivity index (χ0v) is 19.2. The van der Waals surface area contributed by atoms with Gasteiger partial charge in [0.05, 0.1) is 6.61 Å². The van der Waals surface area contributed by atoms with E-state index in [-0.39, 0.29) is 12.0 Å². The van der Waals surface area contributed by atoms with E-state index in [0.29, 0.717) is 37.0 Å². The van der Waals surface area contributed by atoms with E-state index in [1.54, 1.807) is 0 Å². The number of rotatable bonds is 14. The minimum atomic E-state index is -0.0878. The van der Waals surface area contributed by atoms with Gasteiger partial charge in [-0.25, -0.2) is 0 Å². The number of fused-ring (bicyclic) bond motifs is 1. The molecule has 3 aromatic rings. The zero-order chi connectivity index (χ0) is 22.9. The van der Waals surface area contributed by atoms with Crippen molar-refractivity contribution >= 4 is 17.1 Å². The quantitative estimate of drug-likeness (QED) is 0.233. The normalized spacial score (nSPS) is 13.4. The van der Waals surface area contributed by atoms with E-state index in [1.165, 1.54) is 12.8 Å². The third-order valence-corrected chi connectivity index (χ3v) is 5.65. The molecule has 0 amide bonds. The first kappa shape index (κ1) is 23.1. The van der Waals surface area contributed by atoms with Crippen LogP contribution in [0.15, 0.2) is 52.9 Å². The molecule has 7 heteroatoms. The molecule has 176 valence electrons. The van der Waals surface area contributed by atoms with Crippen LogP contribution in [0.4, 0.5) is 0 Å². The standard InChI is InChI=1S/C26H32N2O5/c1-2-30-25(29)10-4-3-7-17-28(20-11-12-20)18-19-31-21-13-15-22(16-14-21)32-26-27-23-8-5-6-9-24(23)33-26/h5-6,8-9,13-16,20H,2-4,7,10-12,17-19H2,1H3. The van der Waals surface area contributed by atoms with Gasteiger partial charge in [-0.05, 0) is 75.5 Å². The summed E-state index contributed by atoms with van der Waals surface area (Å²) >= 11 is 0. The van der Waals surface area contributed by atoms with Crippen LogP contribution in [0, 0.1) is 0 Å². The number of oxazole rings is 1. The second-order valence-electron chi connectivity index (χ2n) is 8.25. The number of hydrogen-bond donors (Lipinski definition) is 0. The molecule has 1 aliphatic rings. The van der Waals surface area contributed by atoms with Crippen LogP contribution in [0.2, 0.25) is 0 Å². The first-order valence-corrected chi connectivity index (χ1v) is 11.9. The molecule has 0 N–H and O–H groups in total. The third-order valence-electron chi connectivity index (χ3n) is 5.65. The minimum absolute atomic E-state index is 0.0878. The number of nitrogens with zero attached hydrogens (tertiary/aromatic N) is 2. The number of benzene rings is 2. The van der Waals surface area contributed by atoms with E-state index in [2.05, 4.69) is 9.88 Å². The van der Waals surface area contributed by atoms with Crippen LogP contribution in [0.1, 0.15) is 45.4 Å². The van der Waals surface area contributed by atoms with Crippen LogP contribution in [0.3, 0.4) is 0 Å². The highest BCUT2D eigenvalue weighted by molar-refractivity contribution is 5.72. The predicted octanol–water partition coefficient (Wildman–Crippen LogP) is 5.59. The molecule has 1 aliphatic carbocycles. The summed E-state index contributed by atoms with van der Waals surface area (Å²) in [7, 11) is 0. The summed E-state index contributed by atoms with van der Waals surface area (Å²) in [5, 5.41) is 0. The maximum absolute atomic E-state index is 11.4. The molecule has 0 radical (unpaired) electrons. The number of ether oxygens (including phenoxy) is 3.